The van der Waals surface area contributed by atoms with Crippen LogP contribution in [0.3, 0.4) is 0 Å². The summed E-state index contributed by atoms with van der Waals surface area (Å²) in [6.07, 6.45) is 0. The van der Waals surface area contributed by atoms with Crippen molar-refractivity contribution in [1.29, 1.82) is 0 Å². The number of oxime groups is 1. The van der Waals surface area contributed by atoms with Gasteiger partial charge in [0.05, 0.1) is 5.71 Å². The van der Waals surface area contributed by atoms with Gasteiger partial charge in [0, 0.05) is 25.0 Å². The number of hydrogen-bond acceptors (Lipinski definition) is 4. The van der Waals surface area contributed by atoms with Crippen LogP contribution in [0.2, 0.25) is 0 Å². The van der Waals surface area contributed by atoms with Crippen LogP contribution in [0.1, 0.15) is 13.8 Å². The predicted molar refractivity (Wildman–Crippen MR) is 49.1 cm³/mol. The van der Waals surface area contributed by atoms with Gasteiger partial charge in [0.15, 0.2) is 0 Å². The summed E-state index contributed by atoms with van der Waals surface area (Å²) in [5, 5.41) is 7.27. The maximum absolute atomic E-state index is 5.65. The number of nitrogens with two attached hydrogens (primary N) is 1. The van der Waals surface area contributed by atoms with Crippen molar-refractivity contribution in [3.63, 3.8) is 0 Å². The van der Waals surface area contributed by atoms with Crippen molar-refractivity contribution in [1.82, 2.24) is 5.32 Å². The monoisotopic (exact) mass is 171 g/mol. The van der Waals surface area contributed by atoms with Crippen LogP contribution in [-0.4, -0.2) is 32.0 Å². The topological polar surface area (TPSA) is 59.6 Å². The van der Waals surface area contributed by atoms with Gasteiger partial charge in [0.2, 0.25) is 0 Å². The van der Waals surface area contributed by atoms with Gasteiger partial charge in [-0.15, -0.1) is 0 Å². The molecule has 4 nitrogen and oxygen atoms in total. The van der Waals surface area contributed by atoms with Crippen molar-refractivity contribution in [2.75, 3.05) is 26.2 Å². The predicted octanol–water partition coefficient (Wildman–Crippen LogP) is -0.0529. The van der Waals surface area contributed by atoms with E-state index in [1.807, 2.05) is 6.92 Å². The first-order valence-electron chi connectivity index (χ1n) is 4.33. The van der Waals surface area contributed by atoms with Crippen LogP contribution in [-0.2, 0) is 4.84 Å². The van der Waals surface area contributed by atoms with E-state index in [1.165, 1.54) is 0 Å². The third kappa shape index (κ3) is 1.76. The van der Waals surface area contributed by atoms with E-state index in [4.69, 9.17) is 10.6 Å². The molecule has 3 N–H and O–H groups in total. The molecule has 0 aromatic rings. The van der Waals surface area contributed by atoms with Gasteiger partial charge in [-0.1, -0.05) is 12.1 Å². The second-order valence-corrected chi connectivity index (χ2v) is 3.32. The summed E-state index contributed by atoms with van der Waals surface area (Å²) in [6, 6.07) is 0. The molecule has 1 aliphatic heterocycles. The SMILES string of the molecule is CCON=C1CNCC1(C)CN. The molecular formula is C8H17N3O. The molecule has 0 amide bonds. The van der Waals surface area contributed by atoms with Crippen molar-refractivity contribution in [2.24, 2.45) is 16.3 Å². The number of nitrogens with one attached hydrogen (secondary N) is 1. The van der Waals surface area contributed by atoms with E-state index in [0.29, 0.717) is 13.2 Å². The molecule has 0 bridgehead atoms. The fourth-order valence-electron chi connectivity index (χ4n) is 1.25. The lowest BCUT2D eigenvalue weighted by Gasteiger charge is -2.20. The van der Waals surface area contributed by atoms with Crippen LogP contribution < -0.4 is 11.1 Å². The lowest BCUT2D eigenvalue weighted by molar-refractivity contribution is 0.155. The number of hydrogen-bond donors (Lipinski definition) is 2. The number of rotatable bonds is 3. The Hall–Kier alpha value is -0.610. The Morgan fingerprint density at radius 3 is 3.08 bits per heavy atom. The molecule has 1 unspecified atom stereocenters. The number of nitrogens with zero attached hydrogens (tertiary/aromatic N) is 1. The van der Waals surface area contributed by atoms with Crippen LogP contribution >= 0.6 is 0 Å². The molecule has 1 fully saturated rings. The normalized spacial score (nSPS) is 32.8. The second kappa shape index (κ2) is 3.87. The lowest BCUT2D eigenvalue weighted by Crippen LogP contribution is -2.35. The molecule has 1 atom stereocenters. The first-order chi connectivity index (χ1) is 5.73. The summed E-state index contributed by atoms with van der Waals surface area (Å²) >= 11 is 0. The van der Waals surface area contributed by atoms with Crippen molar-refractivity contribution in [3.05, 3.63) is 0 Å². The summed E-state index contributed by atoms with van der Waals surface area (Å²) in [5.41, 5.74) is 6.68. The smallest absolute Gasteiger partial charge is 0.114 e. The largest absolute Gasteiger partial charge is 0.396 e. The molecule has 4 heteroatoms. The van der Waals surface area contributed by atoms with Crippen LogP contribution in [0.15, 0.2) is 5.16 Å². The van der Waals surface area contributed by atoms with Gasteiger partial charge in [0.1, 0.15) is 6.61 Å². The minimum Gasteiger partial charge on any atom is -0.396 e. The molecule has 1 rings (SSSR count). The van der Waals surface area contributed by atoms with Crippen LogP contribution in [0, 0.1) is 5.41 Å². The molecule has 1 saturated heterocycles. The Kier molecular flexibility index (Phi) is 3.05. The molecule has 0 aliphatic carbocycles. The molecule has 1 heterocycles. The average molecular weight is 171 g/mol. The lowest BCUT2D eigenvalue weighted by atomic mass is 9.88. The van der Waals surface area contributed by atoms with Crippen LogP contribution in [0.5, 0.6) is 0 Å². The summed E-state index contributed by atoms with van der Waals surface area (Å²) in [5.74, 6) is 0. The molecule has 0 radical (unpaired) electrons. The summed E-state index contributed by atoms with van der Waals surface area (Å²) in [6.45, 7) is 6.95. The van der Waals surface area contributed by atoms with Crippen LogP contribution in [0.4, 0.5) is 0 Å². The first kappa shape index (κ1) is 9.48. The maximum Gasteiger partial charge on any atom is 0.114 e. The Balaban J connectivity index is 2.63. The van der Waals surface area contributed by atoms with E-state index in [9.17, 15) is 0 Å². The van der Waals surface area contributed by atoms with E-state index >= 15 is 0 Å². The van der Waals surface area contributed by atoms with Gasteiger partial charge in [-0.05, 0) is 6.92 Å². The molecule has 0 aromatic heterocycles. The molecule has 70 valence electrons. The highest BCUT2D eigenvalue weighted by molar-refractivity contribution is 5.93. The van der Waals surface area contributed by atoms with E-state index in [0.717, 1.165) is 18.8 Å². The van der Waals surface area contributed by atoms with Crippen molar-refractivity contribution in [2.45, 2.75) is 13.8 Å². The fourth-order valence-corrected chi connectivity index (χ4v) is 1.25. The average Bonchev–Trinajstić information content (AvgIpc) is 2.45. The molecule has 12 heavy (non-hydrogen) atoms. The van der Waals surface area contributed by atoms with E-state index < -0.39 is 0 Å². The quantitative estimate of drug-likeness (QED) is 0.585. The minimum atomic E-state index is -0.00479. The van der Waals surface area contributed by atoms with E-state index in [2.05, 4.69) is 17.4 Å². The van der Waals surface area contributed by atoms with Gasteiger partial charge in [-0.25, -0.2) is 0 Å². The highest BCUT2D eigenvalue weighted by atomic mass is 16.6. The minimum absolute atomic E-state index is 0.00479. The van der Waals surface area contributed by atoms with E-state index in [-0.39, 0.29) is 5.41 Å². The maximum atomic E-state index is 5.65. The van der Waals surface area contributed by atoms with Gasteiger partial charge in [-0.2, -0.15) is 0 Å². The third-order valence-electron chi connectivity index (χ3n) is 2.26. The molecule has 0 saturated carbocycles. The second-order valence-electron chi connectivity index (χ2n) is 3.32. The molecular weight excluding hydrogens is 154 g/mol. The Bertz CT molecular complexity index is 181. The van der Waals surface area contributed by atoms with E-state index in [1.54, 1.807) is 0 Å². The van der Waals surface area contributed by atoms with Gasteiger partial charge in [-0.3, -0.25) is 0 Å². The highest BCUT2D eigenvalue weighted by Crippen LogP contribution is 2.20. The van der Waals surface area contributed by atoms with Crippen molar-refractivity contribution >= 4 is 5.71 Å². The fraction of sp³-hybridized carbons (Fsp3) is 0.875. The van der Waals surface area contributed by atoms with Gasteiger partial charge < -0.3 is 15.9 Å². The summed E-state index contributed by atoms with van der Waals surface area (Å²) < 4.78 is 0. The zero-order chi connectivity index (χ0) is 9.03. The highest BCUT2D eigenvalue weighted by Gasteiger charge is 2.34. The van der Waals surface area contributed by atoms with Gasteiger partial charge in [0.25, 0.3) is 0 Å². The zero-order valence-corrected chi connectivity index (χ0v) is 7.76. The Labute approximate surface area is 73.1 Å². The van der Waals surface area contributed by atoms with Crippen molar-refractivity contribution in [3.8, 4) is 0 Å². The van der Waals surface area contributed by atoms with Gasteiger partial charge >= 0.3 is 0 Å². The summed E-state index contributed by atoms with van der Waals surface area (Å²) in [7, 11) is 0. The van der Waals surface area contributed by atoms with Crippen molar-refractivity contribution < 1.29 is 4.84 Å². The molecule has 1 aliphatic rings. The Morgan fingerprint density at radius 2 is 2.50 bits per heavy atom. The first-order valence-corrected chi connectivity index (χ1v) is 4.33. The third-order valence-corrected chi connectivity index (χ3v) is 2.26. The standard InChI is InChI=1S/C8H17N3O/c1-3-12-11-7-4-10-6-8(7,2)5-9/h10H,3-6,9H2,1-2H3. The summed E-state index contributed by atoms with van der Waals surface area (Å²) in [4.78, 5) is 5.01. The Morgan fingerprint density at radius 1 is 1.75 bits per heavy atom. The molecule has 0 spiro atoms. The molecule has 0 aromatic carbocycles. The zero-order valence-electron chi connectivity index (χ0n) is 7.76. The van der Waals surface area contributed by atoms with Crippen LogP contribution in [0.25, 0.3) is 0 Å².